The Balaban J connectivity index is 1.60. The Bertz CT molecular complexity index is 636. The van der Waals surface area contributed by atoms with Crippen LogP contribution in [0.5, 0.6) is 0 Å². The molecular formula is C19H20N2. The van der Waals surface area contributed by atoms with Gasteiger partial charge in [0, 0.05) is 13.1 Å². The summed E-state index contributed by atoms with van der Waals surface area (Å²) in [5.41, 5.74) is 5.89. The van der Waals surface area contributed by atoms with Crippen LogP contribution in [0.15, 0.2) is 48.5 Å². The van der Waals surface area contributed by atoms with E-state index >= 15 is 0 Å². The molecule has 2 unspecified atom stereocenters. The van der Waals surface area contributed by atoms with E-state index in [2.05, 4.69) is 58.7 Å². The number of hydrogen-bond acceptors (Lipinski definition) is 2. The SMILES string of the molecule is c1ccc2c(c1)-c1ccccc1C2N1CC2CNCC2C1. The van der Waals surface area contributed by atoms with E-state index in [9.17, 15) is 0 Å². The lowest BCUT2D eigenvalue weighted by Crippen LogP contribution is -2.29. The van der Waals surface area contributed by atoms with Crippen LogP contribution in [-0.4, -0.2) is 31.1 Å². The van der Waals surface area contributed by atoms with Gasteiger partial charge in [-0.15, -0.1) is 0 Å². The zero-order valence-corrected chi connectivity index (χ0v) is 12.1. The van der Waals surface area contributed by atoms with Crippen molar-refractivity contribution in [2.24, 2.45) is 11.8 Å². The molecule has 2 aromatic rings. The van der Waals surface area contributed by atoms with Crippen molar-refractivity contribution >= 4 is 0 Å². The van der Waals surface area contributed by atoms with Crippen LogP contribution in [0.3, 0.4) is 0 Å². The zero-order valence-electron chi connectivity index (χ0n) is 12.1. The number of likely N-dealkylation sites (tertiary alicyclic amines) is 1. The van der Waals surface area contributed by atoms with Gasteiger partial charge in [0.2, 0.25) is 0 Å². The molecule has 1 N–H and O–H groups in total. The van der Waals surface area contributed by atoms with E-state index in [0.29, 0.717) is 6.04 Å². The van der Waals surface area contributed by atoms with Crippen molar-refractivity contribution in [2.75, 3.05) is 26.2 Å². The maximum Gasteiger partial charge on any atom is 0.0614 e. The molecule has 0 saturated carbocycles. The second kappa shape index (κ2) is 4.43. The molecule has 106 valence electrons. The minimum Gasteiger partial charge on any atom is -0.316 e. The van der Waals surface area contributed by atoms with E-state index in [1.54, 1.807) is 0 Å². The van der Waals surface area contributed by atoms with Gasteiger partial charge < -0.3 is 5.32 Å². The Morgan fingerprint density at radius 3 is 1.86 bits per heavy atom. The van der Waals surface area contributed by atoms with Crippen LogP contribution in [0, 0.1) is 11.8 Å². The lowest BCUT2D eigenvalue weighted by molar-refractivity contribution is 0.264. The van der Waals surface area contributed by atoms with E-state index < -0.39 is 0 Å². The predicted molar refractivity (Wildman–Crippen MR) is 85.1 cm³/mol. The second-order valence-electron chi connectivity index (χ2n) is 6.71. The molecule has 2 nitrogen and oxygen atoms in total. The van der Waals surface area contributed by atoms with Crippen LogP contribution < -0.4 is 5.32 Å². The molecule has 2 fully saturated rings. The number of nitrogens with zero attached hydrogens (tertiary/aromatic N) is 1. The first-order valence-corrected chi connectivity index (χ1v) is 8.05. The summed E-state index contributed by atoms with van der Waals surface area (Å²) in [5.74, 6) is 1.70. The van der Waals surface area contributed by atoms with Crippen LogP contribution in [-0.2, 0) is 0 Å². The third kappa shape index (κ3) is 1.66. The molecular weight excluding hydrogens is 256 g/mol. The van der Waals surface area contributed by atoms with Gasteiger partial charge in [-0.1, -0.05) is 48.5 Å². The van der Waals surface area contributed by atoms with Gasteiger partial charge in [-0.05, 0) is 47.2 Å². The molecule has 21 heavy (non-hydrogen) atoms. The largest absolute Gasteiger partial charge is 0.316 e. The van der Waals surface area contributed by atoms with E-state index in [0.717, 1.165) is 11.8 Å². The zero-order chi connectivity index (χ0) is 13.8. The van der Waals surface area contributed by atoms with E-state index in [-0.39, 0.29) is 0 Å². The molecule has 3 aliphatic rings. The number of benzene rings is 2. The van der Waals surface area contributed by atoms with Crippen LogP contribution in [0.1, 0.15) is 17.2 Å². The maximum atomic E-state index is 3.55. The highest BCUT2D eigenvalue weighted by Gasteiger charge is 2.42. The first kappa shape index (κ1) is 12.0. The summed E-state index contributed by atoms with van der Waals surface area (Å²) in [6.45, 7) is 4.89. The highest BCUT2D eigenvalue weighted by molar-refractivity contribution is 5.78. The monoisotopic (exact) mass is 276 g/mol. The molecule has 2 atom stereocenters. The molecule has 2 heteroatoms. The first-order chi connectivity index (χ1) is 10.4. The maximum absolute atomic E-state index is 3.55. The molecule has 0 amide bonds. The average molecular weight is 276 g/mol. The summed E-state index contributed by atoms with van der Waals surface area (Å²) in [5, 5.41) is 3.55. The molecule has 2 heterocycles. The van der Waals surface area contributed by atoms with E-state index in [4.69, 9.17) is 0 Å². The minimum atomic E-state index is 0.475. The Kier molecular flexibility index (Phi) is 2.52. The Morgan fingerprint density at radius 2 is 1.29 bits per heavy atom. The van der Waals surface area contributed by atoms with Crippen LogP contribution >= 0.6 is 0 Å². The number of hydrogen-bond donors (Lipinski definition) is 1. The molecule has 0 bridgehead atoms. The van der Waals surface area contributed by atoms with Crippen molar-refractivity contribution in [3.05, 3.63) is 59.7 Å². The molecule has 2 aromatic carbocycles. The smallest absolute Gasteiger partial charge is 0.0614 e. The minimum absolute atomic E-state index is 0.475. The van der Waals surface area contributed by atoms with Crippen molar-refractivity contribution in [2.45, 2.75) is 6.04 Å². The Morgan fingerprint density at radius 1 is 0.762 bits per heavy atom. The van der Waals surface area contributed by atoms with Crippen molar-refractivity contribution in [1.82, 2.24) is 10.2 Å². The van der Waals surface area contributed by atoms with Crippen molar-refractivity contribution < 1.29 is 0 Å². The van der Waals surface area contributed by atoms with Crippen LogP contribution in [0.25, 0.3) is 11.1 Å². The van der Waals surface area contributed by atoms with Gasteiger partial charge in [-0.2, -0.15) is 0 Å². The highest BCUT2D eigenvalue weighted by atomic mass is 15.2. The molecule has 1 aliphatic carbocycles. The summed E-state index contributed by atoms with van der Waals surface area (Å²) >= 11 is 0. The second-order valence-corrected chi connectivity index (χ2v) is 6.71. The lowest BCUT2D eigenvalue weighted by Gasteiger charge is -2.27. The van der Waals surface area contributed by atoms with Gasteiger partial charge in [0.05, 0.1) is 6.04 Å². The quantitative estimate of drug-likeness (QED) is 0.861. The molecule has 0 radical (unpaired) electrons. The van der Waals surface area contributed by atoms with E-state index in [1.807, 2.05) is 0 Å². The predicted octanol–water partition coefficient (Wildman–Crippen LogP) is 2.91. The summed E-state index contributed by atoms with van der Waals surface area (Å²) < 4.78 is 0. The van der Waals surface area contributed by atoms with Crippen LogP contribution in [0.4, 0.5) is 0 Å². The first-order valence-electron chi connectivity index (χ1n) is 8.05. The van der Waals surface area contributed by atoms with Gasteiger partial charge in [0.25, 0.3) is 0 Å². The third-order valence-electron chi connectivity index (χ3n) is 5.58. The van der Waals surface area contributed by atoms with Crippen molar-refractivity contribution in [3.8, 4) is 11.1 Å². The molecule has 0 aromatic heterocycles. The van der Waals surface area contributed by atoms with Gasteiger partial charge >= 0.3 is 0 Å². The Hall–Kier alpha value is -1.64. The standard InChI is InChI=1S/C19H20N2/c1-3-7-17-15(5-1)16-6-2-4-8-18(16)19(17)21-11-13-9-20-10-14(13)12-21/h1-8,13-14,19-20H,9-12H2. The number of nitrogens with one attached hydrogen (secondary N) is 1. The third-order valence-corrected chi connectivity index (χ3v) is 5.58. The summed E-state index contributed by atoms with van der Waals surface area (Å²) in [6, 6.07) is 18.4. The van der Waals surface area contributed by atoms with Crippen LogP contribution in [0.2, 0.25) is 0 Å². The molecule has 2 aliphatic heterocycles. The summed E-state index contributed by atoms with van der Waals surface area (Å²) in [4.78, 5) is 2.72. The molecule has 5 rings (SSSR count). The van der Waals surface area contributed by atoms with Gasteiger partial charge in [-0.3, -0.25) is 4.90 Å². The molecule has 2 saturated heterocycles. The fraction of sp³-hybridized carbons (Fsp3) is 0.368. The fourth-order valence-corrected chi connectivity index (χ4v) is 4.62. The lowest BCUT2D eigenvalue weighted by atomic mass is 10.0. The summed E-state index contributed by atoms with van der Waals surface area (Å²) in [7, 11) is 0. The van der Waals surface area contributed by atoms with E-state index in [1.165, 1.54) is 48.4 Å². The van der Waals surface area contributed by atoms with Gasteiger partial charge in [-0.25, -0.2) is 0 Å². The molecule has 0 spiro atoms. The van der Waals surface area contributed by atoms with Crippen molar-refractivity contribution in [1.29, 1.82) is 0 Å². The van der Waals surface area contributed by atoms with Crippen molar-refractivity contribution in [3.63, 3.8) is 0 Å². The average Bonchev–Trinajstić information content (AvgIpc) is 3.17. The van der Waals surface area contributed by atoms with Gasteiger partial charge in [0.15, 0.2) is 0 Å². The number of fused-ring (bicyclic) bond motifs is 4. The summed E-state index contributed by atoms with van der Waals surface area (Å²) in [6.07, 6.45) is 0. The van der Waals surface area contributed by atoms with Gasteiger partial charge in [0.1, 0.15) is 0 Å². The normalized spacial score (nSPS) is 27.6. The topological polar surface area (TPSA) is 15.3 Å². The highest BCUT2D eigenvalue weighted by Crippen LogP contribution is 2.48. The number of rotatable bonds is 1. The Labute approximate surface area is 125 Å². The fourth-order valence-electron chi connectivity index (χ4n) is 4.62.